The number of benzene rings is 3. The largest absolute Gasteiger partial charge is 0.494 e. The fourth-order valence-electron chi connectivity index (χ4n) is 3.21. The van der Waals surface area contributed by atoms with E-state index in [1.807, 2.05) is 25.1 Å². The summed E-state index contributed by atoms with van der Waals surface area (Å²) in [5, 5.41) is 14.5. The van der Waals surface area contributed by atoms with Crippen LogP contribution < -0.4 is 15.6 Å². The second kappa shape index (κ2) is 8.73. The summed E-state index contributed by atoms with van der Waals surface area (Å²) in [5.41, 5.74) is 2.44. The van der Waals surface area contributed by atoms with Crippen molar-refractivity contribution in [1.29, 1.82) is 0 Å². The molecule has 0 saturated carbocycles. The number of nitrogens with zero attached hydrogens (tertiary/aromatic N) is 2. The van der Waals surface area contributed by atoms with E-state index >= 15 is 0 Å². The number of anilines is 1. The van der Waals surface area contributed by atoms with Crippen LogP contribution in [0.1, 0.15) is 15.9 Å². The number of rotatable bonds is 5. The highest BCUT2D eigenvalue weighted by Crippen LogP contribution is 2.27. The standard InChI is InChI=1S/C24H19N3O5/c1-15-7-3-4-8-19(15)25-23(28)18-14-16-13-17(27(29)30)11-12-21(16)32-24(18)26-20-9-5-6-10-22(20)31-2/h3-14H,1-2H3,(H,25,28). The van der Waals surface area contributed by atoms with E-state index in [4.69, 9.17) is 9.15 Å². The molecule has 0 bridgehead atoms. The Bertz CT molecular complexity index is 1410. The van der Waals surface area contributed by atoms with E-state index < -0.39 is 10.8 Å². The van der Waals surface area contributed by atoms with E-state index in [9.17, 15) is 14.9 Å². The van der Waals surface area contributed by atoms with Crippen molar-refractivity contribution in [2.75, 3.05) is 12.4 Å². The number of carbonyl (C=O) groups excluding carboxylic acids is 1. The number of nitro benzene ring substituents is 1. The number of fused-ring (bicyclic) bond motifs is 1. The quantitative estimate of drug-likeness (QED) is 0.349. The maximum absolute atomic E-state index is 13.2. The lowest BCUT2D eigenvalue weighted by molar-refractivity contribution is -0.384. The molecule has 3 aromatic carbocycles. The molecule has 8 heteroatoms. The second-order valence-corrected chi connectivity index (χ2v) is 7.00. The fraction of sp³-hybridized carbons (Fsp3) is 0.0833. The molecule has 8 nitrogen and oxygen atoms in total. The minimum Gasteiger partial charge on any atom is -0.494 e. The molecule has 0 aliphatic carbocycles. The third-order valence-corrected chi connectivity index (χ3v) is 4.89. The van der Waals surface area contributed by atoms with Gasteiger partial charge in [-0.2, -0.15) is 0 Å². The monoisotopic (exact) mass is 429 g/mol. The fourth-order valence-corrected chi connectivity index (χ4v) is 3.21. The lowest BCUT2D eigenvalue weighted by Crippen LogP contribution is -2.22. The zero-order chi connectivity index (χ0) is 22.7. The topological polar surface area (TPSA) is 107 Å². The SMILES string of the molecule is COc1ccccc1N=c1oc2ccc([N+](=O)[O-])cc2cc1C(=O)Nc1ccccc1C. The Morgan fingerprint density at radius 2 is 1.81 bits per heavy atom. The van der Waals surface area contributed by atoms with Crippen molar-refractivity contribution in [2.45, 2.75) is 6.92 Å². The van der Waals surface area contributed by atoms with Crippen molar-refractivity contribution in [3.8, 4) is 5.75 Å². The number of ether oxygens (including phenoxy) is 1. The summed E-state index contributed by atoms with van der Waals surface area (Å²) < 4.78 is 11.3. The van der Waals surface area contributed by atoms with Gasteiger partial charge in [0.05, 0.1) is 12.0 Å². The molecule has 1 amide bonds. The van der Waals surface area contributed by atoms with Gasteiger partial charge in [-0.3, -0.25) is 14.9 Å². The number of non-ortho nitro benzene ring substituents is 1. The molecule has 4 aromatic rings. The highest BCUT2D eigenvalue weighted by atomic mass is 16.6. The first-order chi connectivity index (χ1) is 15.5. The van der Waals surface area contributed by atoms with Crippen LogP contribution in [-0.4, -0.2) is 17.9 Å². The van der Waals surface area contributed by atoms with E-state index in [0.29, 0.717) is 28.1 Å². The van der Waals surface area contributed by atoms with E-state index in [-0.39, 0.29) is 16.8 Å². The summed E-state index contributed by atoms with van der Waals surface area (Å²) in [4.78, 5) is 28.4. The molecule has 0 fully saturated rings. The van der Waals surface area contributed by atoms with Crippen LogP contribution in [0.25, 0.3) is 11.0 Å². The van der Waals surface area contributed by atoms with Crippen LogP contribution in [0.5, 0.6) is 5.75 Å². The summed E-state index contributed by atoms with van der Waals surface area (Å²) >= 11 is 0. The van der Waals surface area contributed by atoms with E-state index in [0.717, 1.165) is 5.56 Å². The predicted molar refractivity (Wildman–Crippen MR) is 120 cm³/mol. The molecule has 0 atom stereocenters. The molecule has 1 aromatic heterocycles. The van der Waals surface area contributed by atoms with E-state index in [1.165, 1.54) is 31.4 Å². The van der Waals surface area contributed by atoms with E-state index in [2.05, 4.69) is 10.3 Å². The van der Waals surface area contributed by atoms with Gasteiger partial charge in [-0.25, -0.2) is 4.99 Å². The average Bonchev–Trinajstić information content (AvgIpc) is 2.80. The summed E-state index contributed by atoms with van der Waals surface area (Å²) in [6.45, 7) is 1.88. The molecular formula is C24H19N3O5. The van der Waals surface area contributed by atoms with Crippen LogP contribution in [0.15, 0.2) is 82.2 Å². The first-order valence-electron chi connectivity index (χ1n) is 9.73. The normalized spacial score (nSPS) is 11.4. The first-order valence-corrected chi connectivity index (χ1v) is 9.73. The lowest BCUT2D eigenvalue weighted by atomic mass is 10.1. The first kappa shape index (κ1) is 20.8. The number of aryl methyl sites for hydroxylation is 1. The van der Waals surface area contributed by atoms with Crippen molar-refractivity contribution in [3.63, 3.8) is 0 Å². The number of nitrogens with one attached hydrogen (secondary N) is 1. The number of hydrogen-bond donors (Lipinski definition) is 1. The number of amides is 1. The molecule has 4 rings (SSSR count). The average molecular weight is 429 g/mol. The van der Waals surface area contributed by atoms with Gasteiger partial charge < -0.3 is 14.5 Å². The Labute approximate surface area is 183 Å². The van der Waals surface area contributed by atoms with Crippen LogP contribution in [0.3, 0.4) is 0 Å². The maximum Gasteiger partial charge on any atom is 0.270 e. The van der Waals surface area contributed by atoms with Crippen molar-refractivity contribution in [1.82, 2.24) is 0 Å². The van der Waals surface area contributed by atoms with Crippen LogP contribution in [-0.2, 0) is 0 Å². The summed E-state index contributed by atoms with van der Waals surface area (Å²) in [6, 6.07) is 20.1. The molecule has 1 heterocycles. The van der Waals surface area contributed by atoms with Crippen molar-refractivity contribution < 1.29 is 18.9 Å². The van der Waals surface area contributed by atoms with Gasteiger partial charge in [0.25, 0.3) is 11.6 Å². The summed E-state index contributed by atoms with van der Waals surface area (Å²) in [6.07, 6.45) is 0. The molecule has 1 N–H and O–H groups in total. The van der Waals surface area contributed by atoms with Gasteiger partial charge in [-0.15, -0.1) is 0 Å². The zero-order valence-corrected chi connectivity index (χ0v) is 17.4. The number of carbonyl (C=O) groups is 1. The Hall–Kier alpha value is -4.46. The maximum atomic E-state index is 13.2. The highest BCUT2D eigenvalue weighted by Gasteiger charge is 2.16. The lowest BCUT2D eigenvalue weighted by Gasteiger charge is -2.09. The molecule has 32 heavy (non-hydrogen) atoms. The third-order valence-electron chi connectivity index (χ3n) is 4.89. The molecule has 0 saturated heterocycles. The predicted octanol–water partition coefficient (Wildman–Crippen LogP) is 5.14. The van der Waals surface area contributed by atoms with Gasteiger partial charge in [0.2, 0.25) is 5.55 Å². The van der Waals surface area contributed by atoms with Crippen LogP contribution in [0.4, 0.5) is 17.1 Å². The third kappa shape index (κ3) is 4.20. The highest BCUT2D eigenvalue weighted by molar-refractivity contribution is 6.05. The van der Waals surface area contributed by atoms with Gasteiger partial charge in [-0.1, -0.05) is 30.3 Å². The smallest absolute Gasteiger partial charge is 0.270 e. The molecule has 0 unspecified atom stereocenters. The van der Waals surface area contributed by atoms with Gasteiger partial charge in [0.15, 0.2) is 0 Å². The molecule has 0 aliphatic rings. The second-order valence-electron chi connectivity index (χ2n) is 7.00. The van der Waals surface area contributed by atoms with Crippen molar-refractivity contribution in [3.05, 3.63) is 99.6 Å². The van der Waals surface area contributed by atoms with Crippen LogP contribution in [0, 0.1) is 17.0 Å². The van der Waals surface area contributed by atoms with Gasteiger partial charge in [0.1, 0.15) is 22.6 Å². The van der Waals surface area contributed by atoms with Gasteiger partial charge in [0, 0.05) is 23.2 Å². The zero-order valence-electron chi connectivity index (χ0n) is 17.4. The molecule has 0 aliphatic heterocycles. The number of hydrogen-bond acceptors (Lipinski definition) is 6. The van der Waals surface area contributed by atoms with Gasteiger partial charge >= 0.3 is 0 Å². The Balaban J connectivity index is 1.91. The van der Waals surface area contributed by atoms with Gasteiger partial charge in [-0.05, 0) is 42.8 Å². The minimum atomic E-state index is -0.500. The van der Waals surface area contributed by atoms with Crippen molar-refractivity contribution in [2.24, 2.45) is 4.99 Å². The Morgan fingerprint density at radius 1 is 1.06 bits per heavy atom. The number of para-hydroxylation sites is 3. The van der Waals surface area contributed by atoms with E-state index in [1.54, 1.807) is 30.3 Å². The molecule has 0 spiro atoms. The molecule has 0 radical (unpaired) electrons. The van der Waals surface area contributed by atoms with Crippen molar-refractivity contribution >= 4 is 33.9 Å². The molecule has 160 valence electrons. The van der Waals surface area contributed by atoms with Crippen LogP contribution in [0.2, 0.25) is 0 Å². The minimum absolute atomic E-state index is 0.0573. The summed E-state index contributed by atoms with van der Waals surface area (Å²) in [5.74, 6) is 0.0573. The number of methoxy groups -OCH3 is 1. The Kier molecular flexibility index (Phi) is 5.67. The molecular weight excluding hydrogens is 410 g/mol. The number of nitro groups is 1. The summed E-state index contributed by atoms with van der Waals surface area (Å²) in [7, 11) is 1.52. The van der Waals surface area contributed by atoms with Crippen LogP contribution >= 0.6 is 0 Å². The Morgan fingerprint density at radius 3 is 2.56 bits per heavy atom.